The van der Waals surface area contributed by atoms with E-state index < -0.39 is 67.4 Å². The fraction of sp³-hybridized carbons (Fsp3) is 0.393. The molecule has 218 valence electrons. The molecular weight excluding hydrogens is 540 g/mol. The van der Waals surface area contributed by atoms with Crippen LogP contribution in [0.25, 0.3) is 21.8 Å². The van der Waals surface area contributed by atoms with E-state index in [1.807, 2.05) is 24.3 Å². The molecule has 2 aromatic heterocycles. The van der Waals surface area contributed by atoms with Gasteiger partial charge in [-0.3, -0.25) is 0 Å². The molecule has 1 aromatic carbocycles. The van der Waals surface area contributed by atoms with E-state index in [4.69, 9.17) is 18.9 Å². The van der Waals surface area contributed by atoms with Gasteiger partial charge in [-0.1, -0.05) is 24.3 Å². The maximum atomic E-state index is 12.8. The number of hydrogen-bond acceptors (Lipinski definition) is 11. The number of carbonyl (C=O) groups excluding carboxylic acids is 1. The molecule has 0 radical (unpaired) electrons. The first-order valence-electron chi connectivity index (χ1n) is 12.8. The number of para-hydroxylation sites is 1. The number of hydrogen-bond donors (Lipinski definition) is 6. The van der Waals surface area contributed by atoms with Crippen molar-refractivity contribution >= 4 is 33.7 Å². The van der Waals surface area contributed by atoms with Crippen molar-refractivity contribution in [3.8, 4) is 0 Å². The van der Waals surface area contributed by atoms with E-state index in [1.54, 1.807) is 0 Å². The second-order valence-corrected chi connectivity index (χ2v) is 9.88. The van der Waals surface area contributed by atoms with Crippen molar-refractivity contribution in [1.29, 1.82) is 0 Å². The number of carbonyl (C=O) groups is 2. The molecule has 1 fully saturated rings. The highest BCUT2D eigenvalue weighted by molar-refractivity contribution is 6.09. The van der Waals surface area contributed by atoms with Gasteiger partial charge in [-0.25, -0.2) is 14.6 Å². The molecule has 6 N–H and O–H groups in total. The summed E-state index contributed by atoms with van der Waals surface area (Å²) in [6.07, 6.45) is -6.23. The standard InChI is InChI=1S/C28H30N2O11/c1-3-12-14(8-18-21-15(9-19(29-18)25(35)36)13-6-4-5-7-17(13)30-21)16(26(37)38-2)11-39-27(12)41-28-24(34)23(33)22(32)20(10-31)40-28/h3-7,9,11-12,14,20,22-24,27-28,30-34H,1,8,10H2,2H3,(H,35,36)/t12-,14?,20-,22-,23+,24-,27+,28+/m1/s1. The number of carboxylic acid groups (broad SMARTS) is 1. The number of nitrogens with zero attached hydrogens (tertiary/aromatic N) is 1. The minimum absolute atomic E-state index is 0.0277. The van der Waals surface area contributed by atoms with E-state index in [1.165, 1.54) is 19.3 Å². The molecule has 3 aromatic rings. The molecule has 1 unspecified atom stereocenters. The van der Waals surface area contributed by atoms with Crippen LogP contribution in [0.2, 0.25) is 0 Å². The van der Waals surface area contributed by atoms with Gasteiger partial charge in [0.15, 0.2) is 6.29 Å². The second-order valence-electron chi connectivity index (χ2n) is 9.88. The smallest absolute Gasteiger partial charge is 0.354 e. The summed E-state index contributed by atoms with van der Waals surface area (Å²) in [5, 5.41) is 51.5. The number of aliphatic hydroxyl groups excluding tert-OH is 4. The van der Waals surface area contributed by atoms with Crippen molar-refractivity contribution in [3.63, 3.8) is 0 Å². The molecular formula is C28H30N2O11. The van der Waals surface area contributed by atoms with Crippen LogP contribution in [-0.2, 0) is 30.2 Å². The van der Waals surface area contributed by atoms with Crippen molar-refractivity contribution in [2.75, 3.05) is 13.7 Å². The Labute approximate surface area is 233 Å². The molecule has 13 nitrogen and oxygen atoms in total. The highest BCUT2D eigenvalue weighted by Gasteiger charge is 2.47. The number of benzene rings is 1. The zero-order valence-electron chi connectivity index (χ0n) is 21.9. The van der Waals surface area contributed by atoms with E-state index >= 15 is 0 Å². The van der Waals surface area contributed by atoms with Gasteiger partial charge in [0, 0.05) is 28.1 Å². The second kappa shape index (κ2) is 11.6. The maximum absolute atomic E-state index is 12.8. The van der Waals surface area contributed by atoms with Gasteiger partial charge in [0.05, 0.1) is 36.8 Å². The molecule has 0 amide bonds. The van der Waals surface area contributed by atoms with Crippen LogP contribution < -0.4 is 0 Å². The predicted molar refractivity (Wildman–Crippen MR) is 141 cm³/mol. The Morgan fingerprint density at radius 1 is 1.12 bits per heavy atom. The summed E-state index contributed by atoms with van der Waals surface area (Å²) < 4.78 is 22.0. The molecule has 4 heterocycles. The number of pyridine rings is 1. The number of aliphatic hydroxyl groups is 4. The van der Waals surface area contributed by atoms with E-state index in [0.29, 0.717) is 16.6 Å². The van der Waals surface area contributed by atoms with Crippen molar-refractivity contribution in [2.45, 2.75) is 43.4 Å². The van der Waals surface area contributed by atoms with Crippen LogP contribution in [0.1, 0.15) is 16.2 Å². The average molecular weight is 571 g/mol. The minimum Gasteiger partial charge on any atom is -0.477 e. The lowest BCUT2D eigenvalue weighted by Crippen LogP contribution is -2.60. The maximum Gasteiger partial charge on any atom is 0.354 e. The third-order valence-electron chi connectivity index (χ3n) is 7.52. The molecule has 0 bridgehead atoms. The molecule has 5 rings (SSSR count). The van der Waals surface area contributed by atoms with Gasteiger partial charge in [-0.2, -0.15) is 0 Å². The summed E-state index contributed by atoms with van der Waals surface area (Å²) in [6, 6.07) is 8.87. The number of aromatic nitrogens is 2. The van der Waals surface area contributed by atoms with Gasteiger partial charge in [0.1, 0.15) is 30.1 Å². The predicted octanol–water partition coefficient (Wildman–Crippen LogP) is 0.605. The van der Waals surface area contributed by atoms with Crippen LogP contribution in [0.5, 0.6) is 0 Å². The van der Waals surface area contributed by atoms with Gasteiger partial charge >= 0.3 is 11.9 Å². The number of ether oxygens (including phenoxy) is 4. The molecule has 41 heavy (non-hydrogen) atoms. The fourth-order valence-corrected chi connectivity index (χ4v) is 5.37. The van der Waals surface area contributed by atoms with Crippen molar-refractivity contribution in [2.24, 2.45) is 11.8 Å². The quantitative estimate of drug-likeness (QED) is 0.163. The molecule has 1 saturated heterocycles. The summed E-state index contributed by atoms with van der Waals surface area (Å²) in [5.74, 6) is -3.47. The van der Waals surface area contributed by atoms with E-state index in [2.05, 4.69) is 16.5 Å². The van der Waals surface area contributed by atoms with Crippen LogP contribution in [0, 0.1) is 11.8 Å². The Balaban J connectivity index is 1.54. The van der Waals surface area contributed by atoms with Gasteiger partial charge in [-0.15, -0.1) is 6.58 Å². The number of esters is 1. The minimum atomic E-state index is -1.69. The SMILES string of the molecule is C=C[C@@H]1C(Cc2nc(C(=O)O)cc3c2[nH]c2ccccc23)C(C(=O)OC)=CO[C@H]1O[C@@H]1O[C@H](CO)[C@@H](O)[C@H](O)[C@H]1O. The first-order valence-corrected chi connectivity index (χ1v) is 12.8. The molecule has 2 aliphatic heterocycles. The third kappa shape index (κ3) is 5.19. The summed E-state index contributed by atoms with van der Waals surface area (Å²) in [6.45, 7) is 3.21. The van der Waals surface area contributed by atoms with Gasteiger partial charge < -0.3 is 49.5 Å². The number of fused-ring (bicyclic) bond motifs is 3. The van der Waals surface area contributed by atoms with Gasteiger partial charge in [0.25, 0.3) is 0 Å². The van der Waals surface area contributed by atoms with Crippen LogP contribution >= 0.6 is 0 Å². The number of aromatic amines is 1. The van der Waals surface area contributed by atoms with Crippen molar-refractivity contribution in [3.05, 3.63) is 66.2 Å². The number of H-pyrrole nitrogens is 1. The highest BCUT2D eigenvalue weighted by Crippen LogP contribution is 2.38. The Kier molecular flexibility index (Phi) is 8.09. The number of methoxy groups -OCH3 is 1. The van der Waals surface area contributed by atoms with E-state index in [-0.39, 0.29) is 17.7 Å². The lowest BCUT2D eigenvalue weighted by atomic mass is 9.80. The van der Waals surface area contributed by atoms with Crippen molar-refractivity contribution < 1.29 is 54.1 Å². The average Bonchev–Trinajstić information content (AvgIpc) is 3.36. The molecule has 0 aliphatic carbocycles. The normalized spacial score (nSPS) is 30.0. The Hall–Kier alpha value is -3.85. The molecule has 13 heteroatoms. The number of rotatable bonds is 8. The molecule has 2 aliphatic rings. The van der Waals surface area contributed by atoms with Crippen LogP contribution in [0.3, 0.4) is 0 Å². The first kappa shape index (κ1) is 28.7. The zero-order chi connectivity index (χ0) is 29.4. The third-order valence-corrected chi connectivity index (χ3v) is 7.52. The zero-order valence-corrected chi connectivity index (χ0v) is 21.9. The van der Waals surface area contributed by atoms with E-state index in [9.17, 15) is 35.1 Å². The summed E-state index contributed by atoms with van der Waals surface area (Å²) >= 11 is 0. The first-order chi connectivity index (χ1) is 19.7. The largest absolute Gasteiger partial charge is 0.477 e. The summed E-state index contributed by atoms with van der Waals surface area (Å²) in [4.78, 5) is 32.5. The van der Waals surface area contributed by atoms with Gasteiger partial charge in [0.2, 0.25) is 6.29 Å². The Morgan fingerprint density at radius 3 is 2.56 bits per heavy atom. The number of nitrogens with one attached hydrogen (secondary N) is 1. The summed E-state index contributed by atoms with van der Waals surface area (Å²) in [5.41, 5.74) is 1.64. The highest BCUT2D eigenvalue weighted by atomic mass is 16.8. The fourth-order valence-electron chi connectivity index (χ4n) is 5.37. The Bertz CT molecular complexity index is 1500. The lowest BCUT2D eigenvalue weighted by Gasteiger charge is -2.43. The van der Waals surface area contributed by atoms with Gasteiger partial charge in [-0.05, 0) is 18.6 Å². The van der Waals surface area contributed by atoms with Crippen LogP contribution in [0.15, 0.2) is 54.8 Å². The summed E-state index contributed by atoms with van der Waals surface area (Å²) in [7, 11) is 1.21. The number of aromatic carboxylic acids is 1. The molecule has 8 atom stereocenters. The topological polar surface area (TPSA) is 201 Å². The van der Waals surface area contributed by atoms with Crippen LogP contribution in [-0.4, -0.2) is 98.2 Å². The lowest BCUT2D eigenvalue weighted by molar-refractivity contribution is -0.339. The molecule has 0 saturated carbocycles. The van der Waals surface area contributed by atoms with Crippen molar-refractivity contribution in [1.82, 2.24) is 9.97 Å². The van der Waals surface area contributed by atoms with Crippen LogP contribution in [0.4, 0.5) is 0 Å². The monoisotopic (exact) mass is 570 g/mol. The Morgan fingerprint density at radius 2 is 1.88 bits per heavy atom. The molecule has 0 spiro atoms. The van der Waals surface area contributed by atoms with E-state index in [0.717, 1.165) is 17.2 Å². The number of carboxylic acids is 1.